The van der Waals surface area contributed by atoms with Gasteiger partial charge in [-0.05, 0) is 61.1 Å². The van der Waals surface area contributed by atoms with Gasteiger partial charge < -0.3 is 10.6 Å². The van der Waals surface area contributed by atoms with E-state index in [1.165, 1.54) is 4.90 Å². The Balaban J connectivity index is 1.72. The molecule has 1 fully saturated rings. The minimum Gasteiger partial charge on any atom is -0.383 e. The number of anilines is 1. The smallest absolute Gasteiger partial charge is 0.310 e. The van der Waals surface area contributed by atoms with Crippen LogP contribution in [0.4, 0.5) is 29.6 Å². The van der Waals surface area contributed by atoms with Gasteiger partial charge in [0.2, 0.25) is 0 Å². The van der Waals surface area contributed by atoms with E-state index in [-0.39, 0.29) is 42.5 Å². The number of halogens is 6. The van der Waals surface area contributed by atoms with Gasteiger partial charge in [0.25, 0.3) is 5.91 Å². The molecule has 2 aromatic rings. The Bertz CT molecular complexity index is 955. The van der Waals surface area contributed by atoms with Crippen LogP contribution in [-0.4, -0.2) is 28.9 Å². The summed E-state index contributed by atoms with van der Waals surface area (Å²) >= 11 is 0. The van der Waals surface area contributed by atoms with E-state index in [0.717, 1.165) is 18.3 Å². The molecule has 11 heteroatoms. The lowest BCUT2D eigenvalue weighted by molar-refractivity contribution is 0.0712. The van der Waals surface area contributed by atoms with Crippen LogP contribution < -0.4 is 5.73 Å². The van der Waals surface area contributed by atoms with Gasteiger partial charge in [0.15, 0.2) is 0 Å². The molecule has 0 unspecified atom stereocenters. The predicted octanol–water partition coefficient (Wildman–Crippen LogP) is 5.79. The Hall–Kier alpha value is -2.43. The monoisotopic (exact) mass is 439 g/mol. The number of carbonyl (C=O) groups excluding carboxylic acids is 1. The number of nitrogen functional groups attached to an aromatic ring is 1. The summed E-state index contributed by atoms with van der Waals surface area (Å²) < 4.78 is 78.2. The van der Waals surface area contributed by atoms with Gasteiger partial charge in [-0.25, -0.2) is 9.37 Å². The molecule has 0 aliphatic carbocycles. The van der Waals surface area contributed by atoms with Gasteiger partial charge in [0, 0.05) is 18.7 Å². The third-order valence-electron chi connectivity index (χ3n) is 5.10. The Labute approximate surface area is 163 Å². The van der Waals surface area contributed by atoms with E-state index in [1.54, 1.807) is 6.92 Å². The fraction of sp³-hybridized carbons (Fsp3) is 0.333. The van der Waals surface area contributed by atoms with Gasteiger partial charge in [-0.2, -0.15) is 0 Å². The summed E-state index contributed by atoms with van der Waals surface area (Å²) in [6, 6.07) is 1.93. The topological polar surface area (TPSA) is 59.2 Å². The maximum absolute atomic E-state index is 14.2. The second kappa shape index (κ2) is 6.28. The summed E-state index contributed by atoms with van der Waals surface area (Å²) in [6.45, 7) is 2.15. The van der Waals surface area contributed by atoms with Crippen LogP contribution in [0.15, 0.2) is 35.4 Å². The lowest BCUT2D eigenvalue weighted by Crippen LogP contribution is -2.38. The van der Waals surface area contributed by atoms with Crippen molar-refractivity contribution in [3.05, 3.63) is 53.0 Å². The number of pyridine rings is 1. The van der Waals surface area contributed by atoms with Crippen molar-refractivity contribution in [1.29, 1.82) is 0 Å². The first-order valence-electron chi connectivity index (χ1n) is 8.71. The maximum Gasteiger partial charge on any atom is 0.310 e. The third-order valence-corrected chi connectivity index (χ3v) is 6.26. The van der Waals surface area contributed by atoms with Crippen molar-refractivity contribution in [3.63, 3.8) is 0 Å². The molecule has 1 saturated heterocycles. The summed E-state index contributed by atoms with van der Waals surface area (Å²) in [5, 5.41) is 0. The van der Waals surface area contributed by atoms with Crippen LogP contribution in [0.3, 0.4) is 0 Å². The first kappa shape index (κ1) is 21.3. The number of hydrogen-bond acceptors (Lipinski definition) is 3. The average molecular weight is 439 g/mol. The quantitative estimate of drug-likeness (QED) is 0.616. The number of aromatic nitrogens is 1. The molecule has 2 N–H and O–H groups in total. The lowest BCUT2D eigenvalue weighted by Gasteiger charge is -2.40. The van der Waals surface area contributed by atoms with Crippen LogP contribution in [0.1, 0.15) is 40.2 Å². The molecule has 1 amide bonds. The summed E-state index contributed by atoms with van der Waals surface area (Å²) in [4.78, 5) is 15.6. The Kier molecular flexibility index (Phi) is 4.61. The van der Waals surface area contributed by atoms with Crippen molar-refractivity contribution < 1.29 is 28.6 Å². The molecule has 2 heterocycles. The molecule has 1 aliphatic heterocycles. The first-order chi connectivity index (χ1) is 13.2. The molecular formula is C18H19F6N3OS. The number of hydrogen-bond donors (Lipinski definition) is 1. The highest BCUT2D eigenvalue weighted by atomic mass is 32.5. The van der Waals surface area contributed by atoms with Gasteiger partial charge in [-0.1, -0.05) is 19.4 Å². The highest BCUT2D eigenvalue weighted by molar-refractivity contribution is 8.45. The molecule has 0 saturated carbocycles. The molecule has 0 bridgehead atoms. The standard InChI is InChI=1S/C18H19F6N3OS/c1-11-16(15(19)10-26-17(11)25)12-6-8-27(9-7-12)18(28)13-2-4-14(5-3-13)29(20,21,22,23)24/h2-5,10,12H,6-9H2,1H3,(H2,25,26). The van der Waals surface area contributed by atoms with Crippen LogP contribution in [0, 0.1) is 12.7 Å². The third kappa shape index (κ3) is 4.44. The first-order valence-corrected chi connectivity index (χ1v) is 10.7. The normalized spacial score (nSPS) is 18.2. The van der Waals surface area contributed by atoms with Crippen molar-refractivity contribution >= 4 is 21.9 Å². The molecule has 1 aliphatic rings. The van der Waals surface area contributed by atoms with E-state index in [1.807, 2.05) is 0 Å². The SMILES string of the molecule is Cc1c(N)ncc(F)c1C1CCN(C(=O)c2ccc(S(F)(F)(F)(F)F)cc2)CC1. The van der Waals surface area contributed by atoms with Crippen LogP contribution in [-0.2, 0) is 0 Å². The van der Waals surface area contributed by atoms with E-state index in [4.69, 9.17) is 5.73 Å². The fourth-order valence-corrected chi connectivity index (χ4v) is 4.17. The number of rotatable bonds is 3. The lowest BCUT2D eigenvalue weighted by atomic mass is 9.87. The van der Waals surface area contributed by atoms with Crippen molar-refractivity contribution in [2.45, 2.75) is 30.6 Å². The van der Waals surface area contributed by atoms with Crippen LogP contribution in [0.5, 0.6) is 0 Å². The van der Waals surface area contributed by atoms with E-state index in [2.05, 4.69) is 4.98 Å². The molecule has 1 aromatic heterocycles. The molecule has 0 radical (unpaired) electrons. The molecule has 160 valence electrons. The Morgan fingerprint density at radius 3 is 2.17 bits per heavy atom. The van der Waals surface area contributed by atoms with Gasteiger partial charge in [0.1, 0.15) is 16.5 Å². The molecule has 1 aromatic carbocycles. The summed E-state index contributed by atoms with van der Waals surface area (Å²) in [6.07, 6.45) is 1.91. The van der Waals surface area contributed by atoms with E-state index in [0.29, 0.717) is 24.0 Å². The van der Waals surface area contributed by atoms with Gasteiger partial charge in [-0.15, -0.1) is 0 Å². The van der Waals surface area contributed by atoms with Crippen LogP contribution >= 0.6 is 10.2 Å². The maximum atomic E-state index is 14.2. The van der Waals surface area contributed by atoms with Crippen LogP contribution in [0.2, 0.25) is 0 Å². The fourth-order valence-electron chi connectivity index (χ4n) is 3.52. The predicted molar refractivity (Wildman–Crippen MR) is 99.1 cm³/mol. The zero-order valence-corrected chi connectivity index (χ0v) is 16.2. The van der Waals surface area contributed by atoms with Crippen molar-refractivity contribution in [1.82, 2.24) is 9.88 Å². The summed E-state index contributed by atoms with van der Waals surface area (Å²) in [5.74, 6) is -1.000. The minimum absolute atomic E-state index is 0.121. The van der Waals surface area contributed by atoms with E-state index < -0.39 is 26.8 Å². The molecule has 4 nitrogen and oxygen atoms in total. The highest BCUT2D eigenvalue weighted by Gasteiger charge is 2.65. The Morgan fingerprint density at radius 2 is 1.66 bits per heavy atom. The molecular weight excluding hydrogens is 420 g/mol. The zero-order valence-electron chi connectivity index (χ0n) is 15.3. The van der Waals surface area contributed by atoms with Gasteiger partial charge in [-0.3, -0.25) is 4.79 Å². The van der Waals surface area contributed by atoms with Gasteiger partial charge >= 0.3 is 10.2 Å². The molecule has 0 atom stereocenters. The summed E-state index contributed by atoms with van der Waals surface area (Å²) in [5.41, 5.74) is 6.61. The summed E-state index contributed by atoms with van der Waals surface area (Å²) in [7, 11) is -9.78. The number of likely N-dealkylation sites (tertiary alicyclic amines) is 1. The van der Waals surface area contributed by atoms with Crippen LogP contribution in [0.25, 0.3) is 0 Å². The number of amides is 1. The van der Waals surface area contributed by atoms with Crippen molar-refractivity contribution in [3.8, 4) is 0 Å². The molecule has 3 rings (SSSR count). The number of benzene rings is 1. The largest absolute Gasteiger partial charge is 0.383 e. The number of carbonyl (C=O) groups is 1. The van der Waals surface area contributed by atoms with Crippen molar-refractivity contribution in [2.24, 2.45) is 0 Å². The minimum atomic E-state index is -9.78. The number of nitrogens with two attached hydrogens (primary N) is 1. The van der Waals surface area contributed by atoms with E-state index >= 15 is 0 Å². The van der Waals surface area contributed by atoms with Gasteiger partial charge in [0.05, 0.1) is 6.20 Å². The number of piperidine rings is 1. The number of nitrogens with zero attached hydrogens (tertiary/aromatic N) is 2. The highest BCUT2D eigenvalue weighted by Crippen LogP contribution is 3.02. The zero-order chi connectivity index (χ0) is 21.7. The Morgan fingerprint density at radius 1 is 1.10 bits per heavy atom. The molecule has 0 spiro atoms. The van der Waals surface area contributed by atoms with E-state index in [9.17, 15) is 28.6 Å². The second-order valence-corrected chi connectivity index (χ2v) is 9.50. The second-order valence-electron chi connectivity index (χ2n) is 7.09. The molecule has 29 heavy (non-hydrogen) atoms. The average Bonchev–Trinajstić information content (AvgIpc) is 2.63. The van der Waals surface area contributed by atoms with Crippen molar-refractivity contribution in [2.75, 3.05) is 18.8 Å².